The summed E-state index contributed by atoms with van der Waals surface area (Å²) in [6.45, 7) is 6.51. The van der Waals surface area contributed by atoms with E-state index in [1.807, 2.05) is 0 Å². The van der Waals surface area contributed by atoms with Gasteiger partial charge < -0.3 is 20.1 Å². The Kier molecular flexibility index (Phi) is 11.6. The summed E-state index contributed by atoms with van der Waals surface area (Å²) in [5.41, 5.74) is 2.60. The molecule has 0 bridgehead atoms. The second-order valence-electron chi connectivity index (χ2n) is 7.17. The minimum atomic E-state index is -0.259. The van der Waals surface area contributed by atoms with Crippen molar-refractivity contribution in [1.29, 1.82) is 0 Å². The zero-order valence-corrected chi connectivity index (χ0v) is 20.3. The van der Waals surface area contributed by atoms with Crippen LogP contribution in [0.3, 0.4) is 0 Å². The average Bonchev–Trinajstić information content (AvgIpc) is 2.78. The van der Waals surface area contributed by atoms with Crippen molar-refractivity contribution in [3.05, 3.63) is 65.5 Å². The number of hydrogen-bond donors (Lipinski definition) is 2. The van der Waals surface area contributed by atoms with Gasteiger partial charge in [-0.2, -0.15) is 0 Å². The zero-order valence-electron chi connectivity index (χ0n) is 18.0. The van der Waals surface area contributed by atoms with E-state index >= 15 is 0 Å². The first kappa shape index (κ1) is 25.4. The molecule has 6 nitrogen and oxygen atoms in total. The molecule has 0 aromatic heterocycles. The van der Waals surface area contributed by atoms with Crippen LogP contribution < -0.4 is 15.4 Å². The summed E-state index contributed by atoms with van der Waals surface area (Å²) in [5.74, 6) is 1.18. The molecular formula is C23H32FIN4O2. The number of nitrogens with zero attached hydrogens (tertiary/aromatic N) is 2. The SMILES string of the molecule is CN=C(NCCCOc1ccc(F)cc1)NCc1ccccc1CN1CCOCC1.I. The predicted molar refractivity (Wildman–Crippen MR) is 133 cm³/mol. The van der Waals surface area contributed by atoms with Crippen LogP contribution in [-0.4, -0.2) is 57.4 Å². The Morgan fingerprint density at radius 2 is 1.77 bits per heavy atom. The summed E-state index contributed by atoms with van der Waals surface area (Å²) in [4.78, 5) is 6.73. The number of rotatable bonds is 9. The van der Waals surface area contributed by atoms with Crippen molar-refractivity contribution < 1.29 is 13.9 Å². The number of morpholine rings is 1. The lowest BCUT2D eigenvalue weighted by atomic mass is 10.1. The van der Waals surface area contributed by atoms with Crippen LogP contribution in [0.25, 0.3) is 0 Å². The van der Waals surface area contributed by atoms with Gasteiger partial charge in [0.05, 0.1) is 19.8 Å². The van der Waals surface area contributed by atoms with Crippen molar-refractivity contribution in [2.24, 2.45) is 4.99 Å². The first-order valence-corrected chi connectivity index (χ1v) is 10.4. The third kappa shape index (κ3) is 9.00. The third-order valence-corrected chi connectivity index (χ3v) is 4.98. The average molecular weight is 542 g/mol. The van der Waals surface area contributed by atoms with Crippen LogP contribution in [0.4, 0.5) is 4.39 Å². The fraction of sp³-hybridized carbons (Fsp3) is 0.435. The van der Waals surface area contributed by atoms with Crippen molar-refractivity contribution in [1.82, 2.24) is 15.5 Å². The van der Waals surface area contributed by atoms with Crippen molar-refractivity contribution in [2.45, 2.75) is 19.5 Å². The molecule has 2 aromatic carbocycles. The lowest BCUT2D eigenvalue weighted by molar-refractivity contribution is 0.0341. The number of guanidine groups is 1. The second kappa shape index (κ2) is 14.2. The topological polar surface area (TPSA) is 58.1 Å². The minimum Gasteiger partial charge on any atom is -0.494 e. The molecule has 1 fully saturated rings. The van der Waals surface area contributed by atoms with Crippen LogP contribution in [0.1, 0.15) is 17.5 Å². The molecule has 0 unspecified atom stereocenters. The molecule has 0 spiro atoms. The Morgan fingerprint density at radius 1 is 1.06 bits per heavy atom. The van der Waals surface area contributed by atoms with E-state index in [0.29, 0.717) is 18.9 Å². The van der Waals surface area contributed by atoms with Crippen LogP contribution in [0.2, 0.25) is 0 Å². The maximum atomic E-state index is 12.9. The van der Waals surface area contributed by atoms with Gasteiger partial charge in [0.15, 0.2) is 5.96 Å². The molecule has 31 heavy (non-hydrogen) atoms. The first-order valence-electron chi connectivity index (χ1n) is 10.4. The molecule has 0 amide bonds. The van der Waals surface area contributed by atoms with Crippen molar-refractivity contribution >= 4 is 29.9 Å². The van der Waals surface area contributed by atoms with Crippen LogP contribution >= 0.6 is 24.0 Å². The number of halogens is 2. The molecule has 1 aliphatic rings. The highest BCUT2D eigenvalue weighted by atomic mass is 127. The molecule has 1 aliphatic heterocycles. The quantitative estimate of drug-likeness (QED) is 0.220. The summed E-state index contributed by atoms with van der Waals surface area (Å²) in [6, 6.07) is 14.6. The normalized spacial score (nSPS) is 14.6. The van der Waals surface area contributed by atoms with Gasteiger partial charge in [-0.3, -0.25) is 9.89 Å². The zero-order chi connectivity index (χ0) is 21.0. The monoisotopic (exact) mass is 542 g/mol. The molecule has 3 rings (SSSR count). The van der Waals surface area contributed by atoms with Gasteiger partial charge in [-0.25, -0.2) is 4.39 Å². The molecule has 2 aromatic rings. The summed E-state index contributed by atoms with van der Waals surface area (Å²) in [5, 5.41) is 6.70. The van der Waals surface area contributed by atoms with E-state index in [0.717, 1.165) is 51.8 Å². The fourth-order valence-electron chi connectivity index (χ4n) is 3.28. The Balaban J connectivity index is 0.00000341. The van der Waals surface area contributed by atoms with Crippen LogP contribution in [0.5, 0.6) is 5.75 Å². The van der Waals surface area contributed by atoms with Crippen LogP contribution in [0.15, 0.2) is 53.5 Å². The van der Waals surface area contributed by atoms with Gasteiger partial charge in [-0.1, -0.05) is 24.3 Å². The minimum absolute atomic E-state index is 0. The maximum Gasteiger partial charge on any atom is 0.191 e. The van der Waals surface area contributed by atoms with Crippen molar-refractivity contribution in [3.63, 3.8) is 0 Å². The number of hydrogen-bond acceptors (Lipinski definition) is 4. The van der Waals surface area contributed by atoms with Crippen molar-refractivity contribution in [3.8, 4) is 5.75 Å². The van der Waals surface area contributed by atoms with Gasteiger partial charge in [-0.05, 0) is 41.8 Å². The lowest BCUT2D eigenvalue weighted by Crippen LogP contribution is -2.38. The first-order chi connectivity index (χ1) is 14.7. The van der Waals surface area contributed by atoms with E-state index in [9.17, 15) is 4.39 Å². The van der Waals surface area contributed by atoms with Crippen LogP contribution in [0, 0.1) is 5.82 Å². The smallest absolute Gasteiger partial charge is 0.191 e. The van der Waals surface area contributed by atoms with Crippen LogP contribution in [-0.2, 0) is 17.8 Å². The standard InChI is InChI=1S/C23H31FN4O2.HI/c1-25-23(26-11-4-14-30-22-9-7-21(24)8-10-22)27-17-19-5-2-3-6-20(19)18-28-12-15-29-16-13-28;/h2-3,5-10H,4,11-18H2,1H3,(H2,25,26,27);1H. The molecule has 8 heteroatoms. The largest absolute Gasteiger partial charge is 0.494 e. The molecule has 0 aliphatic carbocycles. The fourth-order valence-corrected chi connectivity index (χ4v) is 3.28. The van der Waals surface area contributed by atoms with E-state index in [1.165, 1.54) is 23.3 Å². The highest BCUT2D eigenvalue weighted by molar-refractivity contribution is 14.0. The van der Waals surface area contributed by atoms with E-state index in [-0.39, 0.29) is 29.8 Å². The third-order valence-electron chi connectivity index (χ3n) is 4.98. The summed E-state index contributed by atoms with van der Waals surface area (Å²) >= 11 is 0. The van der Waals surface area contributed by atoms with Gasteiger partial charge in [0.25, 0.3) is 0 Å². The number of ether oxygens (including phenoxy) is 2. The van der Waals surface area contributed by atoms with E-state index in [2.05, 4.69) is 44.8 Å². The van der Waals surface area contributed by atoms with Gasteiger partial charge in [0.2, 0.25) is 0 Å². The molecule has 2 N–H and O–H groups in total. The molecule has 0 atom stereocenters. The Hall–Kier alpha value is -1.91. The molecular weight excluding hydrogens is 510 g/mol. The van der Waals surface area contributed by atoms with Crippen molar-refractivity contribution in [2.75, 3.05) is 46.5 Å². The highest BCUT2D eigenvalue weighted by Gasteiger charge is 2.12. The molecule has 170 valence electrons. The Labute approximate surface area is 201 Å². The van der Waals surface area contributed by atoms with E-state index < -0.39 is 0 Å². The summed E-state index contributed by atoms with van der Waals surface area (Å²) in [7, 11) is 1.77. The number of aliphatic imine (C=N–C) groups is 1. The molecule has 0 radical (unpaired) electrons. The number of benzene rings is 2. The molecule has 1 heterocycles. The summed E-state index contributed by atoms with van der Waals surface area (Å²) < 4.78 is 24.0. The van der Waals surface area contributed by atoms with Gasteiger partial charge >= 0.3 is 0 Å². The number of nitrogens with one attached hydrogen (secondary N) is 2. The van der Waals surface area contributed by atoms with Gasteiger partial charge in [-0.15, -0.1) is 24.0 Å². The molecule has 0 saturated carbocycles. The van der Waals surface area contributed by atoms with Gasteiger partial charge in [0, 0.05) is 39.8 Å². The van der Waals surface area contributed by atoms with E-state index in [4.69, 9.17) is 9.47 Å². The predicted octanol–water partition coefficient (Wildman–Crippen LogP) is 3.41. The summed E-state index contributed by atoms with van der Waals surface area (Å²) in [6.07, 6.45) is 0.811. The maximum absolute atomic E-state index is 12.9. The van der Waals surface area contributed by atoms with Gasteiger partial charge in [0.1, 0.15) is 11.6 Å². The Morgan fingerprint density at radius 3 is 2.48 bits per heavy atom. The highest BCUT2D eigenvalue weighted by Crippen LogP contribution is 2.13. The lowest BCUT2D eigenvalue weighted by Gasteiger charge is -2.27. The Bertz CT molecular complexity index is 798. The molecule has 1 saturated heterocycles. The van der Waals surface area contributed by atoms with E-state index in [1.54, 1.807) is 19.2 Å². The second-order valence-corrected chi connectivity index (χ2v) is 7.17.